The van der Waals surface area contributed by atoms with Crippen LogP contribution >= 0.6 is 11.3 Å². The molecule has 0 saturated heterocycles. The Kier molecular flexibility index (Phi) is 4.91. The lowest BCUT2D eigenvalue weighted by molar-refractivity contribution is -0.133. The van der Waals surface area contributed by atoms with E-state index >= 15 is 0 Å². The third kappa shape index (κ3) is 3.29. The fourth-order valence-electron chi connectivity index (χ4n) is 3.64. The van der Waals surface area contributed by atoms with E-state index in [1.54, 1.807) is 11.3 Å². The Labute approximate surface area is 130 Å². The molecule has 116 valence electrons. The molecule has 1 saturated carbocycles. The molecule has 1 atom stereocenters. The minimum Gasteiger partial charge on any atom is -0.340 e. The van der Waals surface area contributed by atoms with E-state index in [1.807, 2.05) is 12.6 Å². The highest BCUT2D eigenvalue weighted by Gasteiger charge is 2.32. The number of thiazole rings is 1. The molecular formula is C16H25N3OS. The number of aromatic nitrogens is 1. The number of likely N-dealkylation sites (N-methyl/N-ethyl adjacent to an activating group) is 1. The molecule has 1 aliphatic carbocycles. The van der Waals surface area contributed by atoms with Gasteiger partial charge in [-0.3, -0.25) is 4.79 Å². The molecular weight excluding hydrogens is 282 g/mol. The van der Waals surface area contributed by atoms with Crippen LogP contribution in [0.25, 0.3) is 0 Å². The molecule has 1 fully saturated rings. The zero-order chi connectivity index (χ0) is 14.7. The summed E-state index contributed by atoms with van der Waals surface area (Å²) in [5.74, 6) is 0.933. The van der Waals surface area contributed by atoms with Crippen LogP contribution in [0.1, 0.15) is 55.1 Å². The van der Waals surface area contributed by atoms with Gasteiger partial charge in [0.2, 0.25) is 5.91 Å². The Morgan fingerprint density at radius 3 is 2.81 bits per heavy atom. The van der Waals surface area contributed by atoms with Crippen LogP contribution in [-0.2, 0) is 11.2 Å². The second-order valence-corrected chi connectivity index (χ2v) is 7.16. The zero-order valence-electron chi connectivity index (χ0n) is 12.8. The third-order valence-corrected chi connectivity index (χ3v) is 5.79. The fraction of sp³-hybridized carbons (Fsp3) is 0.750. The van der Waals surface area contributed by atoms with E-state index in [0.717, 1.165) is 30.1 Å². The summed E-state index contributed by atoms with van der Waals surface area (Å²) in [5.41, 5.74) is 2.97. The van der Waals surface area contributed by atoms with Crippen molar-refractivity contribution in [1.29, 1.82) is 0 Å². The maximum absolute atomic E-state index is 12.8. The molecule has 0 radical (unpaired) electrons. The average Bonchev–Trinajstić information content (AvgIpc) is 2.73. The van der Waals surface area contributed by atoms with Crippen molar-refractivity contribution in [3.05, 3.63) is 16.1 Å². The summed E-state index contributed by atoms with van der Waals surface area (Å²) in [6, 6.07) is -0.194. The number of hydrogen-bond acceptors (Lipinski definition) is 4. The number of hydrogen-bond donors (Lipinski definition) is 1. The average molecular weight is 307 g/mol. The van der Waals surface area contributed by atoms with Crippen molar-refractivity contribution in [3.8, 4) is 0 Å². The Balaban J connectivity index is 1.71. The van der Waals surface area contributed by atoms with Gasteiger partial charge in [0.1, 0.15) is 6.04 Å². The first-order valence-corrected chi connectivity index (χ1v) is 9.06. The summed E-state index contributed by atoms with van der Waals surface area (Å²) in [7, 11) is 1.88. The zero-order valence-corrected chi connectivity index (χ0v) is 13.6. The SMILES string of the molecule is CNC1C(=O)N(CC2CCCCCC2)CCc2ncsc21. The largest absolute Gasteiger partial charge is 0.340 e. The van der Waals surface area contributed by atoms with Crippen LogP contribution in [-0.4, -0.2) is 35.9 Å². The van der Waals surface area contributed by atoms with Crippen LogP contribution in [0.4, 0.5) is 0 Å². The molecule has 1 amide bonds. The molecule has 5 heteroatoms. The maximum Gasteiger partial charge on any atom is 0.245 e. The van der Waals surface area contributed by atoms with Gasteiger partial charge in [0.15, 0.2) is 0 Å². The van der Waals surface area contributed by atoms with Crippen molar-refractivity contribution in [2.75, 3.05) is 20.1 Å². The summed E-state index contributed by atoms with van der Waals surface area (Å²) in [4.78, 5) is 20.5. The van der Waals surface area contributed by atoms with E-state index in [1.165, 1.54) is 38.5 Å². The van der Waals surface area contributed by atoms with Crippen molar-refractivity contribution >= 4 is 17.2 Å². The minimum atomic E-state index is -0.194. The monoisotopic (exact) mass is 307 g/mol. The number of rotatable bonds is 3. The molecule has 1 aromatic heterocycles. The smallest absolute Gasteiger partial charge is 0.245 e. The van der Waals surface area contributed by atoms with Crippen LogP contribution in [0.15, 0.2) is 5.51 Å². The van der Waals surface area contributed by atoms with Gasteiger partial charge in [-0.25, -0.2) is 4.98 Å². The summed E-state index contributed by atoms with van der Waals surface area (Å²) < 4.78 is 0. The minimum absolute atomic E-state index is 0.194. The summed E-state index contributed by atoms with van der Waals surface area (Å²) >= 11 is 1.61. The maximum atomic E-state index is 12.8. The third-order valence-electron chi connectivity index (χ3n) is 4.85. The molecule has 4 nitrogen and oxygen atoms in total. The number of fused-ring (bicyclic) bond motifs is 1. The molecule has 1 unspecified atom stereocenters. The molecule has 1 aliphatic heterocycles. The Hall–Kier alpha value is -0.940. The van der Waals surface area contributed by atoms with Crippen LogP contribution in [0.5, 0.6) is 0 Å². The molecule has 0 aromatic carbocycles. The Bertz CT molecular complexity index is 480. The number of nitrogens with one attached hydrogen (secondary N) is 1. The molecule has 1 aromatic rings. The van der Waals surface area contributed by atoms with E-state index in [2.05, 4.69) is 15.2 Å². The van der Waals surface area contributed by atoms with Crippen LogP contribution in [0.3, 0.4) is 0 Å². The fourth-order valence-corrected chi connectivity index (χ4v) is 4.58. The Morgan fingerprint density at radius 1 is 1.33 bits per heavy atom. The van der Waals surface area contributed by atoms with Crippen LogP contribution in [0, 0.1) is 5.92 Å². The van der Waals surface area contributed by atoms with E-state index in [9.17, 15) is 4.79 Å². The Morgan fingerprint density at radius 2 is 2.10 bits per heavy atom. The topological polar surface area (TPSA) is 45.2 Å². The van der Waals surface area contributed by atoms with Crippen molar-refractivity contribution in [1.82, 2.24) is 15.2 Å². The van der Waals surface area contributed by atoms with Gasteiger partial charge < -0.3 is 10.2 Å². The second kappa shape index (κ2) is 6.88. The molecule has 0 bridgehead atoms. The molecule has 21 heavy (non-hydrogen) atoms. The highest BCUT2D eigenvalue weighted by Crippen LogP contribution is 2.30. The summed E-state index contributed by atoms with van der Waals surface area (Å²) in [5, 5.41) is 3.19. The highest BCUT2D eigenvalue weighted by atomic mass is 32.1. The van der Waals surface area contributed by atoms with Gasteiger partial charge in [0.05, 0.1) is 16.1 Å². The first-order chi connectivity index (χ1) is 10.3. The lowest BCUT2D eigenvalue weighted by Crippen LogP contribution is -2.41. The van der Waals surface area contributed by atoms with E-state index in [0.29, 0.717) is 5.92 Å². The highest BCUT2D eigenvalue weighted by molar-refractivity contribution is 7.10. The van der Waals surface area contributed by atoms with Gasteiger partial charge in [-0.05, 0) is 25.8 Å². The van der Waals surface area contributed by atoms with Crippen molar-refractivity contribution in [2.24, 2.45) is 5.92 Å². The van der Waals surface area contributed by atoms with E-state index in [4.69, 9.17) is 0 Å². The predicted molar refractivity (Wildman–Crippen MR) is 85.4 cm³/mol. The van der Waals surface area contributed by atoms with Crippen molar-refractivity contribution in [3.63, 3.8) is 0 Å². The lowest BCUT2D eigenvalue weighted by atomic mass is 9.99. The summed E-state index contributed by atoms with van der Waals surface area (Å²) in [6.07, 6.45) is 8.86. The van der Waals surface area contributed by atoms with Gasteiger partial charge in [-0.2, -0.15) is 0 Å². The number of carbonyl (C=O) groups excluding carboxylic acids is 1. The first-order valence-electron chi connectivity index (χ1n) is 8.18. The van der Waals surface area contributed by atoms with E-state index in [-0.39, 0.29) is 11.9 Å². The van der Waals surface area contributed by atoms with Gasteiger partial charge in [0, 0.05) is 19.5 Å². The normalized spacial score (nSPS) is 24.5. The first kappa shape index (κ1) is 15.0. The molecule has 2 aliphatic rings. The molecule has 0 spiro atoms. The predicted octanol–water partition coefficient (Wildman–Crippen LogP) is 2.76. The standard InChI is InChI=1S/C16H25N3OS/c1-17-14-15-13(18-11-21-15)8-9-19(16(14)20)10-12-6-4-2-3-5-7-12/h11-12,14,17H,2-10H2,1H3. The van der Waals surface area contributed by atoms with Gasteiger partial charge in [0.25, 0.3) is 0 Å². The number of nitrogens with zero attached hydrogens (tertiary/aromatic N) is 2. The van der Waals surface area contributed by atoms with E-state index < -0.39 is 0 Å². The van der Waals surface area contributed by atoms with Gasteiger partial charge >= 0.3 is 0 Å². The lowest BCUT2D eigenvalue weighted by Gasteiger charge is -2.28. The summed E-state index contributed by atoms with van der Waals surface area (Å²) in [6.45, 7) is 1.76. The second-order valence-electron chi connectivity index (χ2n) is 6.28. The van der Waals surface area contributed by atoms with Crippen molar-refractivity contribution in [2.45, 2.75) is 51.0 Å². The van der Waals surface area contributed by atoms with Crippen LogP contribution < -0.4 is 5.32 Å². The molecule has 2 heterocycles. The van der Waals surface area contributed by atoms with Crippen molar-refractivity contribution < 1.29 is 4.79 Å². The quantitative estimate of drug-likeness (QED) is 0.873. The van der Waals surface area contributed by atoms with Gasteiger partial charge in [-0.15, -0.1) is 11.3 Å². The number of carbonyl (C=O) groups is 1. The van der Waals surface area contributed by atoms with Crippen LogP contribution in [0.2, 0.25) is 0 Å². The van der Waals surface area contributed by atoms with Gasteiger partial charge in [-0.1, -0.05) is 25.7 Å². The molecule has 3 rings (SSSR count). The number of amides is 1. The molecule has 1 N–H and O–H groups in total.